The number of alkyl halides is 3. The Balaban J connectivity index is 3.01. The van der Waals surface area contributed by atoms with E-state index in [1.807, 2.05) is 26.8 Å². The van der Waals surface area contributed by atoms with Crippen LogP contribution in [0.1, 0.15) is 39.7 Å². The topological polar surface area (TPSA) is 35.2 Å². The molecule has 2 N–H and O–H groups in total. The van der Waals surface area contributed by atoms with Gasteiger partial charge in [-0.1, -0.05) is 39.8 Å². The van der Waals surface area contributed by atoms with Gasteiger partial charge in [-0.25, -0.2) is 0 Å². The fourth-order valence-electron chi connectivity index (χ4n) is 1.79. The van der Waals surface area contributed by atoms with E-state index in [1.54, 1.807) is 19.1 Å². The summed E-state index contributed by atoms with van der Waals surface area (Å²) in [5.41, 5.74) is 6.29. The SMILES string of the molecule is CCC(N)C(Oc1cccc(C(C)(C)C)c1)C(F)(F)F. The van der Waals surface area contributed by atoms with E-state index in [2.05, 4.69) is 0 Å². The summed E-state index contributed by atoms with van der Waals surface area (Å²) >= 11 is 0. The highest BCUT2D eigenvalue weighted by atomic mass is 19.4. The van der Waals surface area contributed by atoms with E-state index >= 15 is 0 Å². The lowest BCUT2D eigenvalue weighted by Gasteiger charge is -2.27. The second kappa shape index (κ2) is 6.04. The molecule has 2 nitrogen and oxygen atoms in total. The third-order valence-corrected chi connectivity index (χ3v) is 3.15. The molecule has 114 valence electrons. The Bertz CT molecular complexity index is 437. The minimum absolute atomic E-state index is 0.153. The number of halogens is 3. The first kappa shape index (κ1) is 16.8. The van der Waals surface area contributed by atoms with Gasteiger partial charge in [0.15, 0.2) is 0 Å². The summed E-state index contributed by atoms with van der Waals surface area (Å²) in [6.45, 7) is 7.58. The van der Waals surface area contributed by atoms with E-state index in [4.69, 9.17) is 10.5 Å². The van der Waals surface area contributed by atoms with Crippen LogP contribution >= 0.6 is 0 Å². The highest BCUT2D eigenvalue weighted by Gasteiger charge is 2.45. The molecule has 0 saturated carbocycles. The van der Waals surface area contributed by atoms with E-state index in [-0.39, 0.29) is 17.6 Å². The second-order valence-corrected chi connectivity index (χ2v) is 5.93. The predicted molar refractivity (Wildman–Crippen MR) is 73.9 cm³/mol. The van der Waals surface area contributed by atoms with Crippen molar-refractivity contribution in [1.29, 1.82) is 0 Å². The van der Waals surface area contributed by atoms with E-state index < -0.39 is 18.3 Å². The Hall–Kier alpha value is -1.23. The summed E-state index contributed by atoms with van der Waals surface area (Å²) < 4.78 is 44.0. The normalized spacial score (nSPS) is 15.8. The van der Waals surface area contributed by atoms with Crippen LogP contribution in [0.25, 0.3) is 0 Å². The third kappa shape index (κ3) is 4.40. The van der Waals surface area contributed by atoms with Crippen LogP contribution in [-0.4, -0.2) is 18.3 Å². The molecule has 0 radical (unpaired) electrons. The van der Waals surface area contributed by atoms with Gasteiger partial charge in [0.25, 0.3) is 0 Å². The van der Waals surface area contributed by atoms with Crippen molar-refractivity contribution in [2.45, 2.75) is 57.9 Å². The van der Waals surface area contributed by atoms with Crippen molar-refractivity contribution < 1.29 is 17.9 Å². The summed E-state index contributed by atoms with van der Waals surface area (Å²) in [7, 11) is 0. The van der Waals surface area contributed by atoms with Gasteiger partial charge >= 0.3 is 6.18 Å². The second-order valence-electron chi connectivity index (χ2n) is 5.93. The van der Waals surface area contributed by atoms with Gasteiger partial charge in [-0.3, -0.25) is 0 Å². The smallest absolute Gasteiger partial charge is 0.426 e. The zero-order chi connectivity index (χ0) is 15.6. The molecule has 0 aliphatic carbocycles. The summed E-state index contributed by atoms with van der Waals surface area (Å²) in [6, 6.07) is 5.65. The summed E-state index contributed by atoms with van der Waals surface area (Å²) in [5.74, 6) is 0.198. The van der Waals surface area contributed by atoms with Gasteiger partial charge in [0.2, 0.25) is 6.10 Å². The van der Waals surface area contributed by atoms with Gasteiger partial charge in [0.1, 0.15) is 5.75 Å². The van der Waals surface area contributed by atoms with Gasteiger partial charge in [-0.15, -0.1) is 0 Å². The maximum atomic E-state index is 13.0. The van der Waals surface area contributed by atoms with Crippen molar-refractivity contribution in [2.75, 3.05) is 0 Å². The van der Waals surface area contributed by atoms with Gasteiger partial charge in [0, 0.05) is 0 Å². The monoisotopic (exact) mass is 289 g/mol. The van der Waals surface area contributed by atoms with E-state index in [9.17, 15) is 13.2 Å². The molecule has 0 bridgehead atoms. The lowest BCUT2D eigenvalue weighted by molar-refractivity contribution is -0.200. The summed E-state index contributed by atoms with van der Waals surface area (Å²) in [4.78, 5) is 0. The number of hydrogen-bond donors (Lipinski definition) is 1. The molecule has 5 heteroatoms. The first-order chi connectivity index (χ1) is 9.05. The highest BCUT2D eigenvalue weighted by molar-refractivity contribution is 5.32. The van der Waals surface area contributed by atoms with Crippen LogP contribution in [0.4, 0.5) is 13.2 Å². The summed E-state index contributed by atoms with van der Waals surface area (Å²) in [5, 5.41) is 0. The molecule has 2 unspecified atom stereocenters. The van der Waals surface area contributed by atoms with Crippen LogP contribution in [0.2, 0.25) is 0 Å². The van der Waals surface area contributed by atoms with Crippen LogP contribution in [0.15, 0.2) is 24.3 Å². The molecule has 0 aromatic heterocycles. The zero-order valence-electron chi connectivity index (χ0n) is 12.3. The average molecular weight is 289 g/mol. The van der Waals surface area contributed by atoms with Gasteiger partial charge < -0.3 is 10.5 Å². The Labute approximate surface area is 118 Å². The number of nitrogens with two attached hydrogens (primary N) is 1. The first-order valence-corrected chi connectivity index (χ1v) is 6.65. The molecule has 0 spiro atoms. The van der Waals surface area contributed by atoms with Gasteiger partial charge in [-0.2, -0.15) is 13.2 Å². The largest absolute Gasteiger partial charge is 0.479 e. The third-order valence-electron chi connectivity index (χ3n) is 3.15. The Morgan fingerprint density at radius 3 is 2.25 bits per heavy atom. The number of benzene rings is 1. The van der Waals surface area contributed by atoms with Crippen molar-refractivity contribution >= 4 is 0 Å². The lowest BCUT2D eigenvalue weighted by Crippen LogP contribution is -2.48. The minimum atomic E-state index is -4.48. The number of ether oxygens (including phenoxy) is 1. The average Bonchev–Trinajstić information content (AvgIpc) is 2.33. The number of rotatable bonds is 4. The quantitative estimate of drug-likeness (QED) is 0.908. The standard InChI is InChI=1S/C15H22F3NO/c1-5-12(19)13(15(16,17)18)20-11-8-6-7-10(9-11)14(2,3)4/h6-9,12-13H,5,19H2,1-4H3. The van der Waals surface area contributed by atoms with Crippen LogP contribution in [0.5, 0.6) is 5.75 Å². The molecular formula is C15H22F3NO. The Morgan fingerprint density at radius 1 is 1.20 bits per heavy atom. The van der Waals surface area contributed by atoms with Crippen molar-refractivity contribution in [3.63, 3.8) is 0 Å². The Morgan fingerprint density at radius 2 is 1.80 bits per heavy atom. The van der Waals surface area contributed by atoms with Crippen LogP contribution in [-0.2, 0) is 5.41 Å². The molecule has 0 heterocycles. The molecular weight excluding hydrogens is 267 g/mol. The van der Waals surface area contributed by atoms with Crippen molar-refractivity contribution in [2.24, 2.45) is 5.73 Å². The minimum Gasteiger partial charge on any atom is -0.479 e. The zero-order valence-corrected chi connectivity index (χ0v) is 12.3. The number of hydrogen-bond acceptors (Lipinski definition) is 2. The molecule has 0 amide bonds. The fraction of sp³-hybridized carbons (Fsp3) is 0.600. The first-order valence-electron chi connectivity index (χ1n) is 6.65. The van der Waals surface area contributed by atoms with E-state index in [1.165, 1.54) is 6.07 Å². The summed E-state index contributed by atoms with van der Waals surface area (Å²) in [6.07, 6.45) is -6.27. The lowest BCUT2D eigenvalue weighted by atomic mass is 9.87. The Kier molecular flexibility index (Phi) is 5.08. The van der Waals surface area contributed by atoms with Crippen molar-refractivity contribution in [1.82, 2.24) is 0 Å². The van der Waals surface area contributed by atoms with E-state index in [0.717, 1.165) is 5.56 Å². The maximum Gasteiger partial charge on any atom is 0.426 e. The van der Waals surface area contributed by atoms with Crippen LogP contribution < -0.4 is 10.5 Å². The molecule has 0 aliphatic rings. The maximum absolute atomic E-state index is 13.0. The highest BCUT2D eigenvalue weighted by Crippen LogP contribution is 2.30. The molecule has 1 rings (SSSR count). The van der Waals surface area contributed by atoms with Gasteiger partial charge in [-0.05, 0) is 29.5 Å². The molecule has 0 fully saturated rings. The molecule has 0 saturated heterocycles. The van der Waals surface area contributed by atoms with Crippen LogP contribution in [0, 0.1) is 0 Å². The molecule has 1 aromatic rings. The fourth-order valence-corrected chi connectivity index (χ4v) is 1.79. The van der Waals surface area contributed by atoms with Crippen molar-refractivity contribution in [3.05, 3.63) is 29.8 Å². The molecule has 20 heavy (non-hydrogen) atoms. The molecule has 0 aliphatic heterocycles. The molecule has 2 atom stereocenters. The molecule has 1 aromatic carbocycles. The van der Waals surface area contributed by atoms with Crippen LogP contribution in [0.3, 0.4) is 0 Å². The van der Waals surface area contributed by atoms with Gasteiger partial charge in [0.05, 0.1) is 6.04 Å². The van der Waals surface area contributed by atoms with Crippen molar-refractivity contribution in [3.8, 4) is 5.75 Å². The predicted octanol–water partition coefficient (Wildman–Crippen LogP) is 4.03. The van der Waals surface area contributed by atoms with E-state index in [0.29, 0.717) is 0 Å².